The van der Waals surface area contributed by atoms with Crippen molar-refractivity contribution in [2.24, 2.45) is 0 Å². The van der Waals surface area contributed by atoms with Gasteiger partial charge in [-0.3, -0.25) is 14.7 Å². The minimum absolute atomic E-state index is 0.116. The molecule has 138 valence electrons. The standard InChI is InChI=1S/C20H20N4OS2/c25-19(18-13-22-20(27-18)15-5-7-21-8-6-15)23-17-4-2-1-3-16(17)14-24-9-11-26-12-10-24/h1-8,13H,9-12,14H2,(H,23,25). The van der Waals surface area contributed by atoms with Gasteiger partial charge in [-0.2, -0.15) is 11.8 Å². The summed E-state index contributed by atoms with van der Waals surface area (Å²) < 4.78 is 0. The summed E-state index contributed by atoms with van der Waals surface area (Å²) in [5, 5.41) is 3.89. The molecule has 0 radical (unpaired) electrons. The van der Waals surface area contributed by atoms with Gasteiger partial charge in [0.2, 0.25) is 0 Å². The number of amides is 1. The van der Waals surface area contributed by atoms with Gasteiger partial charge in [-0.1, -0.05) is 18.2 Å². The summed E-state index contributed by atoms with van der Waals surface area (Å²) in [6.45, 7) is 3.05. The third kappa shape index (κ3) is 4.55. The van der Waals surface area contributed by atoms with Gasteiger partial charge in [0.15, 0.2) is 0 Å². The number of benzene rings is 1. The van der Waals surface area contributed by atoms with E-state index in [4.69, 9.17) is 0 Å². The van der Waals surface area contributed by atoms with Crippen LogP contribution in [0.1, 0.15) is 15.2 Å². The third-order valence-corrected chi connectivity index (χ3v) is 6.41. The number of nitrogens with one attached hydrogen (secondary N) is 1. The summed E-state index contributed by atoms with van der Waals surface area (Å²) >= 11 is 3.39. The first kappa shape index (κ1) is 18.2. The van der Waals surface area contributed by atoms with Crippen molar-refractivity contribution in [3.63, 3.8) is 0 Å². The monoisotopic (exact) mass is 396 g/mol. The fourth-order valence-corrected chi connectivity index (χ4v) is 4.77. The molecule has 5 nitrogen and oxygen atoms in total. The predicted molar refractivity (Wildman–Crippen MR) is 112 cm³/mol. The number of pyridine rings is 1. The highest BCUT2D eigenvalue weighted by Gasteiger charge is 2.16. The third-order valence-electron chi connectivity index (χ3n) is 4.42. The van der Waals surface area contributed by atoms with Gasteiger partial charge in [0, 0.05) is 54.8 Å². The quantitative estimate of drug-likeness (QED) is 0.706. The van der Waals surface area contributed by atoms with Crippen LogP contribution in [0.3, 0.4) is 0 Å². The topological polar surface area (TPSA) is 58.1 Å². The van der Waals surface area contributed by atoms with E-state index in [2.05, 4.69) is 26.3 Å². The van der Waals surface area contributed by atoms with Crippen LogP contribution in [0, 0.1) is 0 Å². The summed E-state index contributed by atoms with van der Waals surface area (Å²) in [7, 11) is 0. The van der Waals surface area contributed by atoms with Gasteiger partial charge in [-0.25, -0.2) is 4.98 Å². The first-order valence-corrected chi connectivity index (χ1v) is 10.8. The molecule has 7 heteroatoms. The minimum atomic E-state index is -0.116. The van der Waals surface area contributed by atoms with E-state index < -0.39 is 0 Å². The van der Waals surface area contributed by atoms with Gasteiger partial charge in [0.25, 0.3) is 5.91 Å². The highest BCUT2D eigenvalue weighted by Crippen LogP contribution is 2.26. The molecule has 1 aliphatic heterocycles. The van der Waals surface area contributed by atoms with E-state index in [-0.39, 0.29) is 5.91 Å². The summed E-state index contributed by atoms with van der Waals surface area (Å²) in [5.74, 6) is 2.23. The average Bonchev–Trinajstić information content (AvgIpc) is 3.21. The molecule has 4 rings (SSSR count). The Balaban J connectivity index is 1.48. The van der Waals surface area contributed by atoms with Gasteiger partial charge in [0.1, 0.15) is 9.88 Å². The Labute approximate surface area is 166 Å². The zero-order chi connectivity index (χ0) is 18.5. The van der Waals surface area contributed by atoms with E-state index in [1.54, 1.807) is 18.6 Å². The molecule has 0 spiro atoms. The molecule has 0 bridgehead atoms. The van der Waals surface area contributed by atoms with Crippen molar-refractivity contribution in [3.05, 3.63) is 65.4 Å². The number of nitrogens with zero attached hydrogens (tertiary/aromatic N) is 3. The van der Waals surface area contributed by atoms with E-state index in [1.165, 1.54) is 22.8 Å². The highest BCUT2D eigenvalue weighted by atomic mass is 32.2. The molecule has 1 aromatic carbocycles. The maximum Gasteiger partial charge on any atom is 0.267 e. The highest BCUT2D eigenvalue weighted by molar-refractivity contribution is 7.99. The normalized spacial score (nSPS) is 14.8. The van der Waals surface area contributed by atoms with E-state index in [1.807, 2.05) is 42.1 Å². The molecular formula is C20H20N4OS2. The number of hydrogen-bond donors (Lipinski definition) is 1. The fraction of sp³-hybridized carbons (Fsp3) is 0.250. The van der Waals surface area contributed by atoms with Crippen LogP contribution in [0.4, 0.5) is 5.69 Å². The number of thiazole rings is 1. The molecule has 27 heavy (non-hydrogen) atoms. The van der Waals surface area contributed by atoms with Gasteiger partial charge < -0.3 is 5.32 Å². The summed E-state index contributed by atoms with van der Waals surface area (Å²) in [6.07, 6.45) is 5.10. The molecular weight excluding hydrogens is 376 g/mol. The van der Waals surface area contributed by atoms with E-state index >= 15 is 0 Å². The first-order chi connectivity index (χ1) is 13.3. The van der Waals surface area contributed by atoms with E-state index in [0.717, 1.165) is 41.5 Å². The molecule has 0 atom stereocenters. The lowest BCUT2D eigenvalue weighted by atomic mass is 10.1. The zero-order valence-corrected chi connectivity index (χ0v) is 16.4. The second-order valence-corrected chi connectivity index (χ2v) is 8.52. The lowest BCUT2D eigenvalue weighted by molar-refractivity contribution is 0.103. The van der Waals surface area contributed by atoms with Crippen LogP contribution < -0.4 is 5.32 Å². The predicted octanol–water partition coefficient (Wildman–Crippen LogP) is 4.01. The molecule has 0 unspecified atom stereocenters. The number of carbonyl (C=O) groups excluding carboxylic acids is 1. The molecule has 1 amide bonds. The average molecular weight is 397 g/mol. The Bertz CT molecular complexity index is 907. The van der Waals surface area contributed by atoms with Crippen LogP contribution in [0.25, 0.3) is 10.6 Å². The Morgan fingerprint density at radius 1 is 1.11 bits per heavy atom. The molecule has 1 saturated heterocycles. The molecule has 3 heterocycles. The molecule has 2 aromatic heterocycles. The van der Waals surface area contributed by atoms with Crippen molar-refractivity contribution in [2.45, 2.75) is 6.54 Å². The number of hydrogen-bond acceptors (Lipinski definition) is 6. The smallest absolute Gasteiger partial charge is 0.267 e. The number of anilines is 1. The van der Waals surface area contributed by atoms with Crippen molar-refractivity contribution in [1.29, 1.82) is 0 Å². The van der Waals surface area contributed by atoms with Crippen LogP contribution in [-0.2, 0) is 6.54 Å². The number of para-hydroxylation sites is 1. The maximum absolute atomic E-state index is 12.7. The van der Waals surface area contributed by atoms with Crippen molar-refractivity contribution < 1.29 is 4.79 Å². The molecule has 1 fully saturated rings. The van der Waals surface area contributed by atoms with Gasteiger partial charge >= 0.3 is 0 Å². The van der Waals surface area contributed by atoms with Crippen molar-refractivity contribution >= 4 is 34.7 Å². The van der Waals surface area contributed by atoms with Crippen LogP contribution >= 0.6 is 23.1 Å². The van der Waals surface area contributed by atoms with Crippen molar-refractivity contribution in [1.82, 2.24) is 14.9 Å². The van der Waals surface area contributed by atoms with E-state index in [0.29, 0.717) is 4.88 Å². The number of aromatic nitrogens is 2. The lowest BCUT2D eigenvalue weighted by Crippen LogP contribution is -2.32. The molecule has 1 N–H and O–H groups in total. The molecule has 0 saturated carbocycles. The summed E-state index contributed by atoms with van der Waals surface area (Å²) in [5.41, 5.74) is 2.99. The van der Waals surface area contributed by atoms with Crippen LogP contribution in [0.5, 0.6) is 0 Å². The molecule has 3 aromatic rings. The van der Waals surface area contributed by atoms with Gasteiger partial charge in [-0.05, 0) is 23.8 Å². The molecule has 1 aliphatic rings. The number of thioether (sulfide) groups is 1. The SMILES string of the molecule is O=C(Nc1ccccc1CN1CCSCC1)c1cnc(-c2ccncc2)s1. The zero-order valence-electron chi connectivity index (χ0n) is 14.8. The van der Waals surface area contributed by atoms with E-state index in [9.17, 15) is 4.79 Å². The Hall–Kier alpha value is -2.22. The first-order valence-electron chi connectivity index (χ1n) is 8.85. The second-order valence-electron chi connectivity index (χ2n) is 6.27. The summed E-state index contributed by atoms with van der Waals surface area (Å²) in [6, 6.07) is 11.8. The Morgan fingerprint density at radius 3 is 2.70 bits per heavy atom. The Kier molecular flexibility index (Phi) is 5.81. The van der Waals surface area contributed by atoms with Gasteiger partial charge in [0.05, 0.1) is 6.20 Å². The van der Waals surface area contributed by atoms with Crippen LogP contribution in [0.15, 0.2) is 55.0 Å². The van der Waals surface area contributed by atoms with Gasteiger partial charge in [-0.15, -0.1) is 11.3 Å². The molecule has 0 aliphatic carbocycles. The number of rotatable bonds is 5. The summed E-state index contributed by atoms with van der Waals surface area (Å²) in [4.78, 5) is 24.2. The largest absolute Gasteiger partial charge is 0.321 e. The fourth-order valence-electron chi connectivity index (χ4n) is 2.97. The van der Waals surface area contributed by atoms with Crippen molar-refractivity contribution in [3.8, 4) is 10.6 Å². The van der Waals surface area contributed by atoms with Crippen molar-refractivity contribution in [2.75, 3.05) is 29.9 Å². The Morgan fingerprint density at radius 2 is 1.89 bits per heavy atom. The lowest BCUT2D eigenvalue weighted by Gasteiger charge is -2.27. The number of carbonyl (C=O) groups is 1. The second kappa shape index (κ2) is 8.65. The minimum Gasteiger partial charge on any atom is -0.321 e. The maximum atomic E-state index is 12.7. The van der Waals surface area contributed by atoms with Crippen LogP contribution in [0.2, 0.25) is 0 Å². The van der Waals surface area contributed by atoms with Crippen LogP contribution in [-0.4, -0.2) is 45.4 Å².